The molecule has 7 atom stereocenters. The summed E-state index contributed by atoms with van der Waals surface area (Å²) in [4.78, 5) is 39.1. The largest absolute Gasteiger partial charge is 0.756 e. The van der Waals surface area contributed by atoms with Crippen molar-refractivity contribution in [2.24, 2.45) is 0 Å². The van der Waals surface area contributed by atoms with Crippen LogP contribution in [0.5, 0.6) is 0 Å². The number of aliphatic hydroxyl groups is 2. The minimum absolute atomic E-state index is 0.288. The van der Waals surface area contributed by atoms with Gasteiger partial charge in [-0.1, -0.05) is 35.0 Å². The van der Waals surface area contributed by atoms with Gasteiger partial charge in [0.05, 0.1) is 18.9 Å². The highest BCUT2D eigenvalue weighted by Gasteiger charge is 2.49. The molecule has 3 aliphatic rings. The fraction of sp³-hybridized carbons (Fsp3) is 0.450. The van der Waals surface area contributed by atoms with Crippen LogP contribution in [0.3, 0.4) is 0 Å². The van der Waals surface area contributed by atoms with Gasteiger partial charge in [-0.25, -0.2) is 9.11 Å². The van der Waals surface area contributed by atoms with Crippen molar-refractivity contribution in [3.05, 3.63) is 52.8 Å². The summed E-state index contributed by atoms with van der Waals surface area (Å²) in [6, 6.07) is 6.84. The molecule has 0 radical (unpaired) electrons. The molecule has 2 amide bonds. The maximum atomic E-state index is 13.2. The van der Waals surface area contributed by atoms with Crippen molar-refractivity contribution in [3.8, 4) is 0 Å². The number of nitrogens with zero attached hydrogens (tertiary/aromatic N) is 2. The van der Waals surface area contributed by atoms with Crippen molar-refractivity contribution in [1.82, 2.24) is 15.1 Å². The smallest absolute Gasteiger partial charge is 0.332 e. The van der Waals surface area contributed by atoms with E-state index in [4.69, 9.17) is 4.74 Å². The molecule has 0 spiro atoms. The van der Waals surface area contributed by atoms with Crippen LogP contribution in [0, 0.1) is 0 Å². The molecule has 4 unspecified atom stereocenters. The summed E-state index contributed by atoms with van der Waals surface area (Å²) in [5.41, 5.74) is 1.52. The number of phosphoric ester groups is 2. The number of amides is 2. The Bertz CT molecular complexity index is 1170. The van der Waals surface area contributed by atoms with E-state index in [0.717, 1.165) is 14.9 Å². The van der Waals surface area contributed by atoms with Gasteiger partial charge in [0.1, 0.15) is 24.5 Å². The first-order valence-corrected chi connectivity index (χ1v) is 14.8. The van der Waals surface area contributed by atoms with Crippen LogP contribution < -0.4 is 15.1 Å². The summed E-state index contributed by atoms with van der Waals surface area (Å²) < 4.78 is 42.7. The molecule has 0 aromatic heterocycles. The Hall–Kier alpha value is -1.61. The second-order valence-corrected chi connectivity index (χ2v) is 12.1. The Morgan fingerprint density at radius 1 is 1.11 bits per heavy atom. The van der Waals surface area contributed by atoms with Gasteiger partial charge in [-0.05, 0) is 30.2 Å². The molecule has 204 valence electrons. The molecule has 3 aliphatic heterocycles. The lowest BCUT2D eigenvalue weighted by atomic mass is 10.1. The molecular weight excluding hydrogens is 600 g/mol. The lowest BCUT2D eigenvalue weighted by Gasteiger charge is -2.35. The highest BCUT2D eigenvalue weighted by atomic mass is 79.9. The first kappa shape index (κ1) is 28.4. The molecule has 3 N–H and O–H groups in total. The van der Waals surface area contributed by atoms with E-state index in [-0.39, 0.29) is 6.61 Å². The van der Waals surface area contributed by atoms with Crippen LogP contribution in [-0.2, 0) is 27.2 Å². The second kappa shape index (κ2) is 11.2. The van der Waals surface area contributed by atoms with Gasteiger partial charge in [-0.2, -0.15) is 0 Å². The molecule has 37 heavy (non-hydrogen) atoms. The topological polar surface area (TPSA) is 193 Å². The quantitative estimate of drug-likeness (QED) is 0.310. The molecule has 0 saturated carbocycles. The Morgan fingerprint density at radius 3 is 2.46 bits per heavy atom. The van der Waals surface area contributed by atoms with E-state index in [1.807, 2.05) is 24.3 Å². The van der Waals surface area contributed by atoms with Crippen LogP contribution >= 0.6 is 31.6 Å². The first-order valence-electron chi connectivity index (χ1n) is 11.1. The minimum atomic E-state index is -5.42. The fourth-order valence-electron chi connectivity index (χ4n) is 3.79. The van der Waals surface area contributed by atoms with Gasteiger partial charge in [0.15, 0.2) is 6.23 Å². The summed E-state index contributed by atoms with van der Waals surface area (Å²) in [5.74, 6) is 0. The summed E-state index contributed by atoms with van der Waals surface area (Å²) in [6.07, 6.45) is -1.71. The van der Waals surface area contributed by atoms with Gasteiger partial charge in [-0.15, -0.1) is 0 Å². The molecule has 1 aromatic carbocycles. The number of urea groups is 1. The van der Waals surface area contributed by atoms with Crippen LogP contribution in [0.25, 0.3) is 5.70 Å². The number of hydrogen-bond donors (Lipinski definition) is 3. The predicted octanol–water partition coefficient (Wildman–Crippen LogP) is 0.771. The van der Waals surface area contributed by atoms with Crippen LogP contribution in [0.15, 0.2) is 47.2 Å². The number of halogens is 1. The molecule has 3 heterocycles. The van der Waals surface area contributed by atoms with E-state index in [0.29, 0.717) is 12.1 Å². The van der Waals surface area contributed by atoms with Crippen LogP contribution in [-0.4, -0.2) is 70.0 Å². The third-order valence-corrected chi connectivity index (χ3v) is 8.65. The number of hydrogen-bond acceptors (Lipinski definition) is 12. The maximum absolute atomic E-state index is 13.2. The third-order valence-electron chi connectivity index (χ3n) is 5.56. The first-order chi connectivity index (χ1) is 17.4. The van der Waals surface area contributed by atoms with Crippen LogP contribution in [0.1, 0.15) is 18.9 Å². The zero-order valence-corrected chi connectivity index (χ0v) is 22.7. The van der Waals surface area contributed by atoms with Gasteiger partial charge in [0.25, 0.3) is 15.6 Å². The molecule has 14 nitrogen and oxygen atoms in total. The summed E-state index contributed by atoms with van der Waals surface area (Å²) in [7, 11) is -10.6. The SMILES string of the molecule is CCCOP(=O)([O-])OP(=O)([O-])OC[C@H]1O[C@@H](N2C=CC3NC(c4ccc(Br)cc4)=CN3C2=O)C(O)[C@H]1O. The summed E-state index contributed by atoms with van der Waals surface area (Å²) in [5, 5.41) is 24.1. The molecule has 0 aliphatic carbocycles. The van der Waals surface area contributed by atoms with Crippen molar-refractivity contribution in [3.63, 3.8) is 0 Å². The highest BCUT2D eigenvalue weighted by molar-refractivity contribution is 9.10. The normalized spacial score (nSPS) is 30.5. The minimum Gasteiger partial charge on any atom is -0.756 e. The third kappa shape index (κ3) is 6.52. The molecule has 0 bridgehead atoms. The number of carbonyl (C=O) groups is 1. The van der Waals surface area contributed by atoms with E-state index in [9.17, 15) is 33.9 Å². The van der Waals surface area contributed by atoms with E-state index in [1.165, 1.54) is 11.1 Å². The molecule has 4 rings (SSSR count). The molecular formula is C20H24BrN3O11P2-2. The fourth-order valence-corrected chi connectivity index (χ4v) is 6.14. The zero-order valence-electron chi connectivity index (χ0n) is 19.3. The van der Waals surface area contributed by atoms with Gasteiger partial charge in [-0.3, -0.25) is 18.9 Å². The van der Waals surface area contributed by atoms with Gasteiger partial charge >= 0.3 is 6.03 Å². The van der Waals surface area contributed by atoms with Crippen molar-refractivity contribution in [2.45, 2.75) is 44.1 Å². The van der Waals surface area contributed by atoms with Gasteiger partial charge < -0.3 is 39.1 Å². The summed E-state index contributed by atoms with van der Waals surface area (Å²) >= 11 is 3.37. The molecule has 17 heteroatoms. The highest BCUT2D eigenvalue weighted by Crippen LogP contribution is 2.55. The van der Waals surface area contributed by atoms with E-state index >= 15 is 0 Å². The lowest BCUT2D eigenvalue weighted by Crippen LogP contribution is -2.54. The van der Waals surface area contributed by atoms with Crippen LogP contribution in [0.4, 0.5) is 4.79 Å². The van der Waals surface area contributed by atoms with Crippen molar-refractivity contribution < 1.29 is 52.0 Å². The van der Waals surface area contributed by atoms with Crippen molar-refractivity contribution in [2.75, 3.05) is 13.2 Å². The number of ether oxygens (including phenoxy) is 1. The standard InChI is InChI=1S/C20H26BrN3O11P2/c1-2-9-32-36(28,29)35-37(30,31)33-11-15-17(25)18(26)19(34-15)23-8-7-16-22-14(10-24(16)20(23)27)12-3-5-13(21)6-4-12/h3-8,10,15-19,22,25-26H,2,9,11H2,1H3,(H,28,29)(H,30,31)/p-2/t15-,16?,17+,18?,19-/m1/s1. The van der Waals surface area contributed by atoms with Crippen molar-refractivity contribution in [1.29, 1.82) is 0 Å². The van der Waals surface area contributed by atoms with Crippen LogP contribution in [0.2, 0.25) is 0 Å². The number of nitrogens with one attached hydrogen (secondary N) is 1. The number of fused-ring (bicyclic) bond motifs is 1. The molecule has 1 fully saturated rings. The average Bonchev–Trinajstić information content (AvgIpc) is 3.39. The second-order valence-electron chi connectivity index (χ2n) is 8.23. The zero-order chi connectivity index (χ0) is 27.0. The number of phosphoric acid groups is 2. The Labute approximate surface area is 220 Å². The number of benzene rings is 1. The van der Waals surface area contributed by atoms with Gasteiger partial charge in [0, 0.05) is 16.9 Å². The average molecular weight is 624 g/mol. The van der Waals surface area contributed by atoms with E-state index < -0.39 is 59.0 Å². The molecule has 1 aromatic rings. The number of aliphatic hydroxyl groups excluding tert-OH is 2. The number of rotatable bonds is 10. The predicted molar refractivity (Wildman–Crippen MR) is 126 cm³/mol. The Balaban J connectivity index is 1.39. The Morgan fingerprint density at radius 2 is 1.78 bits per heavy atom. The van der Waals surface area contributed by atoms with Gasteiger partial charge in [0.2, 0.25) is 0 Å². The number of carbonyl (C=O) groups excluding carboxylic acids is 1. The van der Waals surface area contributed by atoms with E-state index in [2.05, 4.69) is 34.6 Å². The maximum Gasteiger partial charge on any atom is 0.332 e. The van der Waals surface area contributed by atoms with E-state index in [1.54, 1.807) is 19.2 Å². The monoisotopic (exact) mass is 623 g/mol. The molecule has 1 saturated heterocycles. The van der Waals surface area contributed by atoms with Crippen molar-refractivity contribution >= 4 is 43.3 Å². The summed E-state index contributed by atoms with van der Waals surface area (Å²) in [6.45, 7) is 0.425. The Kier molecular flexibility index (Phi) is 8.63. The lowest BCUT2D eigenvalue weighted by molar-refractivity contribution is -0.245.